The quantitative estimate of drug-likeness (QED) is 0.231. The maximum absolute atomic E-state index is 10.6. The summed E-state index contributed by atoms with van der Waals surface area (Å²) in [6.45, 7) is 0.688. The fraction of sp³-hybridized carbons (Fsp3) is 0.714. The van der Waals surface area contributed by atoms with Gasteiger partial charge in [-0.25, -0.2) is 0 Å². The molecule has 0 bridgehead atoms. The number of primary amides is 2. The molecule has 0 aliphatic heterocycles. The van der Waals surface area contributed by atoms with E-state index in [-0.39, 0.29) is 13.1 Å². The summed E-state index contributed by atoms with van der Waals surface area (Å²) >= 11 is 0. The monoisotopic (exact) mass is 214 g/mol. The van der Waals surface area contributed by atoms with Gasteiger partial charge in [-0.1, -0.05) is 5.11 Å². The Kier molecular flexibility index (Phi) is 6.69. The summed E-state index contributed by atoms with van der Waals surface area (Å²) in [7, 11) is 0. The van der Waals surface area contributed by atoms with Gasteiger partial charge in [0.05, 0.1) is 13.1 Å². The van der Waals surface area contributed by atoms with Gasteiger partial charge in [0.15, 0.2) is 0 Å². The van der Waals surface area contributed by atoms with Crippen molar-refractivity contribution in [2.45, 2.75) is 6.42 Å². The highest BCUT2D eigenvalue weighted by Crippen LogP contribution is 1.91. The minimum absolute atomic E-state index is 0.0286. The van der Waals surface area contributed by atoms with Gasteiger partial charge < -0.3 is 11.5 Å². The summed E-state index contributed by atoms with van der Waals surface area (Å²) in [6, 6.07) is 0. The van der Waals surface area contributed by atoms with E-state index in [0.29, 0.717) is 19.5 Å². The first-order valence-corrected chi connectivity index (χ1v) is 4.36. The molecule has 0 atom stereocenters. The highest BCUT2D eigenvalue weighted by atomic mass is 16.2. The molecule has 0 spiro atoms. The highest BCUT2D eigenvalue weighted by molar-refractivity contribution is 5.79. The molecule has 0 aliphatic rings. The molecule has 0 saturated heterocycles. The standard InChI is InChI=1S/C7H14N6O2/c8-6(14)4-13(5-7(9)15)3-1-2-11-12-10/h1-5H2,(H2,8,14)(H2,9,15). The van der Waals surface area contributed by atoms with Gasteiger partial charge in [-0.15, -0.1) is 0 Å². The van der Waals surface area contributed by atoms with E-state index in [0.717, 1.165) is 0 Å². The molecule has 0 saturated carbocycles. The molecule has 0 rings (SSSR count). The largest absolute Gasteiger partial charge is 0.369 e. The lowest BCUT2D eigenvalue weighted by Crippen LogP contribution is -2.40. The molecule has 8 nitrogen and oxygen atoms in total. The second kappa shape index (κ2) is 7.60. The van der Waals surface area contributed by atoms with Crippen molar-refractivity contribution in [3.63, 3.8) is 0 Å². The van der Waals surface area contributed by atoms with Crippen molar-refractivity contribution in [3.8, 4) is 0 Å². The Morgan fingerprint density at radius 1 is 1.27 bits per heavy atom. The number of rotatable bonds is 8. The minimum atomic E-state index is -0.528. The summed E-state index contributed by atoms with van der Waals surface area (Å²) in [6.07, 6.45) is 0.546. The zero-order chi connectivity index (χ0) is 11.7. The number of hydrogen-bond donors (Lipinski definition) is 2. The van der Waals surface area contributed by atoms with E-state index in [2.05, 4.69) is 10.0 Å². The number of amides is 2. The van der Waals surface area contributed by atoms with Crippen LogP contribution >= 0.6 is 0 Å². The first-order chi connectivity index (χ1) is 7.06. The number of nitrogens with zero attached hydrogens (tertiary/aromatic N) is 4. The lowest BCUT2D eigenvalue weighted by Gasteiger charge is -2.17. The summed E-state index contributed by atoms with van der Waals surface area (Å²) in [5.74, 6) is -1.06. The van der Waals surface area contributed by atoms with Crippen LogP contribution in [0.2, 0.25) is 0 Å². The van der Waals surface area contributed by atoms with Crippen LogP contribution in [0.25, 0.3) is 10.4 Å². The van der Waals surface area contributed by atoms with Crippen LogP contribution in [-0.2, 0) is 9.59 Å². The molecule has 84 valence electrons. The van der Waals surface area contributed by atoms with E-state index in [4.69, 9.17) is 17.0 Å². The zero-order valence-electron chi connectivity index (χ0n) is 8.30. The second-order valence-corrected chi connectivity index (χ2v) is 2.95. The smallest absolute Gasteiger partial charge is 0.231 e. The van der Waals surface area contributed by atoms with Crippen LogP contribution in [0.1, 0.15) is 6.42 Å². The summed E-state index contributed by atoms with van der Waals surface area (Å²) in [5, 5.41) is 3.32. The van der Waals surface area contributed by atoms with Gasteiger partial charge in [0.1, 0.15) is 0 Å². The van der Waals surface area contributed by atoms with Gasteiger partial charge in [0.2, 0.25) is 11.8 Å². The average molecular weight is 214 g/mol. The number of nitrogens with two attached hydrogens (primary N) is 2. The Morgan fingerprint density at radius 3 is 2.20 bits per heavy atom. The molecule has 0 aromatic rings. The van der Waals surface area contributed by atoms with Crippen molar-refractivity contribution in [2.75, 3.05) is 26.2 Å². The molecule has 0 radical (unpaired) electrons. The molecule has 0 unspecified atom stereocenters. The molecule has 0 fully saturated rings. The summed E-state index contributed by atoms with van der Waals surface area (Å²) < 4.78 is 0. The molecule has 2 amide bonds. The van der Waals surface area contributed by atoms with E-state index < -0.39 is 11.8 Å². The lowest BCUT2D eigenvalue weighted by atomic mass is 10.3. The third-order valence-electron chi connectivity index (χ3n) is 1.55. The van der Waals surface area contributed by atoms with Crippen LogP contribution in [0.15, 0.2) is 5.11 Å². The highest BCUT2D eigenvalue weighted by Gasteiger charge is 2.10. The summed E-state index contributed by atoms with van der Waals surface area (Å²) in [5.41, 5.74) is 18.0. The van der Waals surface area contributed by atoms with Crippen LogP contribution in [0, 0.1) is 0 Å². The van der Waals surface area contributed by atoms with E-state index >= 15 is 0 Å². The van der Waals surface area contributed by atoms with Gasteiger partial charge in [-0.3, -0.25) is 14.5 Å². The van der Waals surface area contributed by atoms with Gasteiger partial charge in [0.25, 0.3) is 0 Å². The Morgan fingerprint density at radius 2 is 1.80 bits per heavy atom. The maximum atomic E-state index is 10.6. The predicted molar refractivity (Wildman–Crippen MR) is 53.5 cm³/mol. The Balaban J connectivity index is 3.94. The fourth-order valence-electron chi connectivity index (χ4n) is 1.06. The van der Waals surface area contributed by atoms with E-state index in [1.165, 1.54) is 4.90 Å². The average Bonchev–Trinajstić information content (AvgIpc) is 2.10. The maximum Gasteiger partial charge on any atom is 0.231 e. The Hall–Kier alpha value is -1.79. The molecular weight excluding hydrogens is 200 g/mol. The Bertz CT molecular complexity index is 257. The normalized spacial score (nSPS) is 9.67. The van der Waals surface area contributed by atoms with Crippen LogP contribution in [-0.4, -0.2) is 42.9 Å². The first-order valence-electron chi connectivity index (χ1n) is 4.36. The molecule has 0 aromatic heterocycles. The molecular formula is C7H14N6O2. The first kappa shape index (κ1) is 13.2. The predicted octanol–water partition coefficient (Wildman–Crippen LogP) is -1.04. The molecule has 0 aliphatic carbocycles. The van der Waals surface area contributed by atoms with Gasteiger partial charge in [-0.05, 0) is 18.5 Å². The third-order valence-corrected chi connectivity index (χ3v) is 1.55. The van der Waals surface area contributed by atoms with E-state index in [9.17, 15) is 9.59 Å². The number of azide groups is 1. The van der Waals surface area contributed by atoms with Crippen LogP contribution in [0.4, 0.5) is 0 Å². The molecule has 0 aromatic carbocycles. The second-order valence-electron chi connectivity index (χ2n) is 2.95. The SMILES string of the molecule is [N-]=[N+]=NCCCN(CC(N)=O)CC(N)=O. The third kappa shape index (κ3) is 8.54. The summed E-state index contributed by atoms with van der Waals surface area (Å²) in [4.78, 5) is 25.3. The topological polar surface area (TPSA) is 138 Å². The molecule has 4 N–H and O–H groups in total. The number of hydrogen-bond acceptors (Lipinski definition) is 4. The van der Waals surface area contributed by atoms with Crippen LogP contribution in [0.5, 0.6) is 0 Å². The van der Waals surface area contributed by atoms with Crippen molar-refractivity contribution in [1.29, 1.82) is 0 Å². The van der Waals surface area contributed by atoms with Gasteiger partial charge in [0, 0.05) is 11.5 Å². The zero-order valence-corrected chi connectivity index (χ0v) is 8.30. The minimum Gasteiger partial charge on any atom is -0.369 e. The van der Waals surface area contributed by atoms with Crippen LogP contribution < -0.4 is 11.5 Å². The van der Waals surface area contributed by atoms with Crippen molar-refractivity contribution in [2.24, 2.45) is 16.6 Å². The van der Waals surface area contributed by atoms with Crippen molar-refractivity contribution >= 4 is 11.8 Å². The number of carbonyl (C=O) groups is 2. The van der Waals surface area contributed by atoms with Gasteiger partial charge >= 0.3 is 0 Å². The Labute approximate surface area is 86.8 Å². The molecule has 0 heterocycles. The van der Waals surface area contributed by atoms with Gasteiger partial charge in [-0.2, -0.15) is 0 Å². The van der Waals surface area contributed by atoms with E-state index in [1.54, 1.807) is 0 Å². The van der Waals surface area contributed by atoms with Crippen molar-refractivity contribution in [3.05, 3.63) is 10.4 Å². The molecule has 15 heavy (non-hydrogen) atoms. The fourth-order valence-corrected chi connectivity index (χ4v) is 1.06. The van der Waals surface area contributed by atoms with E-state index in [1.807, 2.05) is 0 Å². The number of carbonyl (C=O) groups excluding carboxylic acids is 2. The van der Waals surface area contributed by atoms with Crippen LogP contribution in [0.3, 0.4) is 0 Å². The van der Waals surface area contributed by atoms with Crippen molar-refractivity contribution in [1.82, 2.24) is 4.90 Å². The molecule has 8 heteroatoms. The lowest BCUT2D eigenvalue weighted by molar-refractivity contribution is -0.121. The van der Waals surface area contributed by atoms with Crippen molar-refractivity contribution < 1.29 is 9.59 Å².